The van der Waals surface area contributed by atoms with E-state index in [1.165, 1.54) is 56.9 Å². The number of rotatable bonds is 9. The average molecular weight is 317 g/mol. The first-order valence-electron chi connectivity index (χ1n) is 9.95. The predicted octanol–water partition coefficient (Wildman–Crippen LogP) is 7.87. The third kappa shape index (κ3) is 7.10. The van der Waals surface area contributed by atoms with Crippen LogP contribution >= 0.6 is 0 Å². The number of allylic oxidation sites excluding steroid dienone is 6. The van der Waals surface area contributed by atoms with Gasteiger partial charge in [-0.1, -0.05) is 77.3 Å². The van der Waals surface area contributed by atoms with Crippen molar-refractivity contribution in [1.82, 2.24) is 0 Å². The van der Waals surface area contributed by atoms with Gasteiger partial charge in [-0.25, -0.2) is 0 Å². The minimum Gasteiger partial charge on any atom is -0.0842 e. The van der Waals surface area contributed by atoms with Crippen molar-refractivity contribution in [3.63, 3.8) is 0 Å². The van der Waals surface area contributed by atoms with E-state index in [9.17, 15) is 0 Å². The van der Waals surface area contributed by atoms with E-state index in [-0.39, 0.29) is 0 Å². The summed E-state index contributed by atoms with van der Waals surface area (Å²) in [5, 5.41) is 0. The summed E-state index contributed by atoms with van der Waals surface area (Å²) in [5.74, 6) is 1.47. The van der Waals surface area contributed by atoms with Gasteiger partial charge in [0, 0.05) is 0 Å². The van der Waals surface area contributed by atoms with E-state index in [4.69, 9.17) is 0 Å². The molecule has 1 atom stereocenters. The maximum atomic E-state index is 2.53. The molecule has 0 radical (unpaired) electrons. The van der Waals surface area contributed by atoms with E-state index in [0.29, 0.717) is 11.3 Å². The molecule has 0 aromatic carbocycles. The lowest BCUT2D eigenvalue weighted by Crippen LogP contribution is -2.23. The molecular weight excluding hydrogens is 276 g/mol. The van der Waals surface area contributed by atoms with Gasteiger partial charge in [-0.3, -0.25) is 0 Å². The molecule has 0 saturated carbocycles. The van der Waals surface area contributed by atoms with Crippen LogP contribution in [-0.4, -0.2) is 0 Å². The third-order valence-corrected chi connectivity index (χ3v) is 5.29. The van der Waals surface area contributed by atoms with Crippen LogP contribution in [0.3, 0.4) is 0 Å². The van der Waals surface area contributed by atoms with E-state index in [0.717, 1.165) is 5.92 Å². The molecule has 0 heteroatoms. The summed E-state index contributed by atoms with van der Waals surface area (Å²) >= 11 is 0. The van der Waals surface area contributed by atoms with Gasteiger partial charge in [0.25, 0.3) is 0 Å². The van der Waals surface area contributed by atoms with Crippen LogP contribution in [0.15, 0.2) is 35.5 Å². The highest BCUT2D eigenvalue weighted by molar-refractivity contribution is 5.35. The second-order valence-electron chi connectivity index (χ2n) is 8.36. The van der Waals surface area contributed by atoms with Gasteiger partial charge >= 0.3 is 0 Å². The Balaban J connectivity index is 3.06. The average Bonchev–Trinajstić information content (AvgIpc) is 2.42. The normalized spacial score (nSPS) is 23.4. The molecule has 1 unspecified atom stereocenters. The predicted molar refractivity (Wildman–Crippen MR) is 106 cm³/mol. The summed E-state index contributed by atoms with van der Waals surface area (Å²) in [6, 6.07) is 0. The minimum atomic E-state index is 0.496. The largest absolute Gasteiger partial charge is 0.0842 e. The zero-order chi connectivity index (χ0) is 17.3. The molecule has 0 N–H and O–H groups in total. The molecule has 0 heterocycles. The Labute approximate surface area is 146 Å². The fourth-order valence-electron chi connectivity index (χ4n) is 4.39. The van der Waals surface area contributed by atoms with Crippen molar-refractivity contribution in [2.24, 2.45) is 17.3 Å². The third-order valence-electron chi connectivity index (χ3n) is 5.29. The van der Waals surface area contributed by atoms with Gasteiger partial charge in [-0.15, -0.1) is 0 Å². The zero-order valence-electron chi connectivity index (χ0n) is 16.6. The van der Waals surface area contributed by atoms with Gasteiger partial charge in [0.2, 0.25) is 0 Å². The fourth-order valence-corrected chi connectivity index (χ4v) is 4.39. The molecule has 1 rings (SSSR count). The first kappa shape index (κ1) is 20.3. The van der Waals surface area contributed by atoms with Crippen molar-refractivity contribution < 1.29 is 0 Å². The van der Waals surface area contributed by atoms with Crippen LogP contribution < -0.4 is 0 Å². The van der Waals surface area contributed by atoms with E-state index < -0.39 is 0 Å². The SMILES string of the molecule is CCCC(C)(CCC)CC(CC(C)C)C1=C/C=C\CC/C=C\1C. The van der Waals surface area contributed by atoms with Crippen LogP contribution in [-0.2, 0) is 0 Å². The highest BCUT2D eigenvalue weighted by Gasteiger charge is 2.29. The van der Waals surface area contributed by atoms with Gasteiger partial charge in [0.05, 0.1) is 0 Å². The van der Waals surface area contributed by atoms with Crippen LogP contribution in [0.5, 0.6) is 0 Å². The molecule has 0 saturated heterocycles. The van der Waals surface area contributed by atoms with Gasteiger partial charge in [0.1, 0.15) is 0 Å². The molecule has 0 spiro atoms. The maximum absolute atomic E-state index is 2.53. The van der Waals surface area contributed by atoms with E-state index >= 15 is 0 Å². The van der Waals surface area contributed by atoms with Gasteiger partial charge in [-0.2, -0.15) is 0 Å². The molecule has 0 bridgehead atoms. The van der Waals surface area contributed by atoms with Crippen molar-refractivity contribution in [2.75, 3.05) is 0 Å². The molecule has 0 aromatic heterocycles. The highest BCUT2D eigenvalue weighted by Crippen LogP contribution is 2.42. The zero-order valence-corrected chi connectivity index (χ0v) is 16.6. The van der Waals surface area contributed by atoms with Gasteiger partial charge < -0.3 is 0 Å². The summed E-state index contributed by atoms with van der Waals surface area (Å²) in [5.41, 5.74) is 3.62. The summed E-state index contributed by atoms with van der Waals surface area (Å²) in [4.78, 5) is 0. The summed E-state index contributed by atoms with van der Waals surface area (Å²) in [6.45, 7) is 14.3. The van der Waals surface area contributed by atoms with Gasteiger partial charge in [-0.05, 0) is 68.3 Å². The van der Waals surface area contributed by atoms with E-state index in [2.05, 4.69) is 65.8 Å². The topological polar surface area (TPSA) is 0 Å². The molecule has 0 amide bonds. The Morgan fingerprint density at radius 3 is 2.30 bits per heavy atom. The Kier molecular flexibility index (Phi) is 8.95. The van der Waals surface area contributed by atoms with Crippen molar-refractivity contribution in [2.45, 2.75) is 92.9 Å². The standard InChI is InChI=1S/C23H40/c1-7-15-23(6,16-8-2)18-21(17-19(3)4)22-14-12-10-9-11-13-20(22)5/h10,12-14,19,21H,7-9,11,15-18H2,1-6H3/b12-10-,20-13-,22-14+. The second-order valence-corrected chi connectivity index (χ2v) is 8.36. The van der Waals surface area contributed by atoms with Crippen LogP contribution in [0, 0.1) is 17.3 Å². The smallest absolute Gasteiger partial charge is 0.0152 e. The van der Waals surface area contributed by atoms with Crippen molar-refractivity contribution in [1.29, 1.82) is 0 Å². The molecule has 132 valence electrons. The molecule has 23 heavy (non-hydrogen) atoms. The molecule has 0 fully saturated rings. The highest BCUT2D eigenvalue weighted by atomic mass is 14.3. The van der Waals surface area contributed by atoms with Crippen LogP contribution in [0.4, 0.5) is 0 Å². The van der Waals surface area contributed by atoms with Crippen LogP contribution in [0.1, 0.15) is 92.9 Å². The molecule has 0 aromatic rings. The Hall–Kier alpha value is -0.780. The van der Waals surface area contributed by atoms with Crippen molar-refractivity contribution in [3.8, 4) is 0 Å². The quantitative estimate of drug-likeness (QED) is 0.406. The first-order chi connectivity index (χ1) is 10.9. The Bertz CT molecular complexity index is 413. The molecule has 0 aliphatic heterocycles. The minimum absolute atomic E-state index is 0.496. The number of hydrogen-bond acceptors (Lipinski definition) is 0. The Morgan fingerprint density at radius 1 is 1.09 bits per heavy atom. The number of hydrogen-bond donors (Lipinski definition) is 0. The maximum Gasteiger partial charge on any atom is -0.0152 e. The lowest BCUT2D eigenvalue weighted by atomic mass is 9.70. The molecule has 1 aliphatic rings. The monoisotopic (exact) mass is 316 g/mol. The molecule has 0 nitrogen and oxygen atoms in total. The van der Waals surface area contributed by atoms with Crippen LogP contribution in [0.25, 0.3) is 0 Å². The van der Waals surface area contributed by atoms with Crippen molar-refractivity contribution >= 4 is 0 Å². The van der Waals surface area contributed by atoms with E-state index in [1.54, 1.807) is 5.57 Å². The van der Waals surface area contributed by atoms with E-state index in [1.807, 2.05) is 0 Å². The van der Waals surface area contributed by atoms with Gasteiger partial charge in [0.15, 0.2) is 0 Å². The molecule has 1 aliphatic carbocycles. The summed E-state index contributed by atoms with van der Waals surface area (Å²) < 4.78 is 0. The fraction of sp³-hybridized carbons (Fsp3) is 0.739. The summed E-state index contributed by atoms with van der Waals surface area (Å²) in [7, 11) is 0. The first-order valence-corrected chi connectivity index (χ1v) is 9.95. The summed E-state index contributed by atoms with van der Waals surface area (Å²) in [6.07, 6.45) is 19.9. The lowest BCUT2D eigenvalue weighted by Gasteiger charge is -2.35. The van der Waals surface area contributed by atoms with Crippen molar-refractivity contribution in [3.05, 3.63) is 35.5 Å². The lowest BCUT2D eigenvalue weighted by molar-refractivity contribution is 0.201. The molecular formula is C23H40. The second kappa shape index (κ2) is 10.2. The van der Waals surface area contributed by atoms with Crippen LogP contribution in [0.2, 0.25) is 0 Å². The Morgan fingerprint density at radius 2 is 1.74 bits per heavy atom.